The lowest BCUT2D eigenvalue weighted by Gasteiger charge is -2.16. The predicted octanol–water partition coefficient (Wildman–Crippen LogP) is 0.277. The normalized spacial score (nSPS) is 39.5. The Morgan fingerprint density at radius 2 is 2.50 bits per heavy atom. The van der Waals surface area contributed by atoms with Gasteiger partial charge in [-0.15, -0.1) is 0 Å². The van der Waals surface area contributed by atoms with Crippen molar-refractivity contribution in [1.29, 1.82) is 5.26 Å². The van der Waals surface area contributed by atoms with Gasteiger partial charge in [0.25, 0.3) is 0 Å². The van der Waals surface area contributed by atoms with Crippen molar-refractivity contribution < 1.29 is 4.74 Å². The van der Waals surface area contributed by atoms with Gasteiger partial charge in [-0.1, -0.05) is 0 Å². The van der Waals surface area contributed by atoms with E-state index < -0.39 is 5.54 Å². The van der Waals surface area contributed by atoms with E-state index in [0.29, 0.717) is 6.61 Å². The summed E-state index contributed by atoms with van der Waals surface area (Å²) in [5.41, 5.74) is -0.417. The first kappa shape index (κ1) is 7.52. The number of likely N-dealkylation sites (N-methyl/N-ethyl adjacent to an activating group) is 1. The maximum absolute atomic E-state index is 8.74. The second-order valence-corrected chi connectivity index (χ2v) is 2.77. The molecule has 1 N–H and O–H groups in total. The van der Waals surface area contributed by atoms with E-state index in [1.54, 1.807) is 7.05 Å². The van der Waals surface area contributed by atoms with Gasteiger partial charge in [0.2, 0.25) is 0 Å². The molecule has 0 bridgehead atoms. The molecule has 0 amide bonds. The minimum absolute atomic E-state index is 0.215. The van der Waals surface area contributed by atoms with E-state index in [2.05, 4.69) is 11.4 Å². The lowest BCUT2D eigenvalue weighted by molar-refractivity contribution is 0.118. The Balaban J connectivity index is 2.62. The van der Waals surface area contributed by atoms with Crippen molar-refractivity contribution in [1.82, 2.24) is 5.32 Å². The average Bonchev–Trinajstić information content (AvgIpc) is 2.33. The Morgan fingerprint density at radius 3 is 2.70 bits per heavy atom. The zero-order valence-electron chi connectivity index (χ0n) is 6.35. The molecule has 2 atom stereocenters. The summed E-state index contributed by atoms with van der Waals surface area (Å²) >= 11 is 0. The summed E-state index contributed by atoms with van der Waals surface area (Å²) in [4.78, 5) is 0. The van der Waals surface area contributed by atoms with Crippen molar-refractivity contribution >= 4 is 0 Å². The first-order valence-corrected chi connectivity index (χ1v) is 3.44. The molecule has 0 spiro atoms. The highest BCUT2D eigenvalue weighted by molar-refractivity contribution is 5.10. The van der Waals surface area contributed by atoms with Crippen LogP contribution in [0, 0.1) is 11.3 Å². The molecule has 0 aromatic rings. The summed E-state index contributed by atoms with van der Waals surface area (Å²) in [6, 6.07) is 2.22. The van der Waals surface area contributed by atoms with Gasteiger partial charge in [0.1, 0.15) is 5.54 Å². The van der Waals surface area contributed by atoms with E-state index in [0.717, 1.165) is 6.42 Å². The molecule has 0 aliphatic carbocycles. The van der Waals surface area contributed by atoms with Gasteiger partial charge >= 0.3 is 0 Å². The monoisotopic (exact) mass is 140 g/mol. The standard InChI is InChI=1S/C7H12N2O/c1-6-3-7(4-8,9-2)5-10-6/h6,9H,3,5H2,1-2H3. The Bertz CT molecular complexity index is 163. The molecule has 1 saturated heterocycles. The molecule has 1 fully saturated rings. The van der Waals surface area contributed by atoms with Crippen LogP contribution >= 0.6 is 0 Å². The van der Waals surface area contributed by atoms with Crippen molar-refractivity contribution in [2.24, 2.45) is 0 Å². The molecule has 1 aliphatic heterocycles. The second-order valence-electron chi connectivity index (χ2n) is 2.77. The van der Waals surface area contributed by atoms with E-state index >= 15 is 0 Å². The molecule has 3 nitrogen and oxygen atoms in total. The first-order chi connectivity index (χ1) is 4.72. The highest BCUT2D eigenvalue weighted by Crippen LogP contribution is 2.22. The third-order valence-electron chi connectivity index (χ3n) is 1.94. The number of nitrogens with one attached hydrogen (secondary N) is 1. The van der Waals surface area contributed by atoms with Gasteiger partial charge in [0.15, 0.2) is 0 Å². The molecule has 0 aromatic heterocycles. The van der Waals surface area contributed by atoms with E-state index in [-0.39, 0.29) is 6.10 Å². The molecule has 0 aromatic carbocycles. The number of hydrogen-bond acceptors (Lipinski definition) is 3. The fourth-order valence-corrected chi connectivity index (χ4v) is 1.20. The summed E-state index contributed by atoms with van der Waals surface area (Å²) in [5.74, 6) is 0. The van der Waals surface area contributed by atoms with Crippen molar-refractivity contribution in [3.05, 3.63) is 0 Å². The Kier molecular flexibility index (Phi) is 1.93. The topological polar surface area (TPSA) is 45.0 Å². The van der Waals surface area contributed by atoms with Crippen LogP contribution < -0.4 is 5.32 Å². The number of ether oxygens (including phenoxy) is 1. The second kappa shape index (κ2) is 2.57. The van der Waals surface area contributed by atoms with E-state index in [4.69, 9.17) is 10.00 Å². The minimum Gasteiger partial charge on any atom is -0.375 e. The van der Waals surface area contributed by atoms with Crippen LogP contribution in [0.2, 0.25) is 0 Å². The third-order valence-corrected chi connectivity index (χ3v) is 1.94. The van der Waals surface area contributed by atoms with Crippen molar-refractivity contribution in [3.8, 4) is 6.07 Å². The molecule has 0 saturated carbocycles. The van der Waals surface area contributed by atoms with Crippen LogP contribution in [-0.4, -0.2) is 25.3 Å². The van der Waals surface area contributed by atoms with Crippen LogP contribution in [0.5, 0.6) is 0 Å². The van der Waals surface area contributed by atoms with Crippen LogP contribution in [0.4, 0.5) is 0 Å². The zero-order valence-corrected chi connectivity index (χ0v) is 6.35. The minimum atomic E-state index is -0.417. The first-order valence-electron chi connectivity index (χ1n) is 3.44. The van der Waals surface area contributed by atoms with E-state index in [9.17, 15) is 0 Å². The number of hydrogen-bond donors (Lipinski definition) is 1. The van der Waals surface area contributed by atoms with Gasteiger partial charge in [0.05, 0.1) is 18.8 Å². The van der Waals surface area contributed by atoms with Gasteiger partial charge in [-0.25, -0.2) is 0 Å². The predicted molar refractivity (Wildman–Crippen MR) is 37.4 cm³/mol. The van der Waals surface area contributed by atoms with Gasteiger partial charge in [-0.3, -0.25) is 0 Å². The Morgan fingerprint density at radius 1 is 1.80 bits per heavy atom. The van der Waals surface area contributed by atoms with Crippen molar-refractivity contribution in [2.45, 2.75) is 25.0 Å². The van der Waals surface area contributed by atoms with Crippen LogP contribution in [0.15, 0.2) is 0 Å². The largest absolute Gasteiger partial charge is 0.375 e. The average molecular weight is 140 g/mol. The molecular weight excluding hydrogens is 128 g/mol. The van der Waals surface area contributed by atoms with Crippen molar-refractivity contribution in [3.63, 3.8) is 0 Å². The molecular formula is C7H12N2O. The van der Waals surface area contributed by atoms with Gasteiger partial charge in [-0.2, -0.15) is 5.26 Å². The highest BCUT2D eigenvalue weighted by atomic mass is 16.5. The lowest BCUT2D eigenvalue weighted by atomic mass is 9.99. The SMILES string of the molecule is CNC1(C#N)COC(C)C1. The summed E-state index contributed by atoms with van der Waals surface area (Å²) in [7, 11) is 1.80. The quantitative estimate of drug-likeness (QED) is 0.569. The van der Waals surface area contributed by atoms with Gasteiger partial charge in [0, 0.05) is 6.42 Å². The third kappa shape index (κ3) is 1.13. The molecule has 3 heteroatoms. The molecule has 2 unspecified atom stereocenters. The zero-order chi connectivity index (χ0) is 7.61. The van der Waals surface area contributed by atoms with Crippen LogP contribution in [0.1, 0.15) is 13.3 Å². The van der Waals surface area contributed by atoms with Gasteiger partial charge < -0.3 is 10.1 Å². The highest BCUT2D eigenvalue weighted by Gasteiger charge is 2.37. The number of nitriles is 1. The fraction of sp³-hybridized carbons (Fsp3) is 0.857. The Hall–Kier alpha value is -0.590. The van der Waals surface area contributed by atoms with E-state index in [1.807, 2.05) is 6.92 Å². The molecule has 1 heterocycles. The summed E-state index contributed by atoms with van der Waals surface area (Å²) in [6.45, 7) is 2.50. The Labute approximate surface area is 61.0 Å². The lowest BCUT2D eigenvalue weighted by Crippen LogP contribution is -2.42. The van der Waals surface area contributed by atoms with Crippen LogP contribution in [-0.2, 0) is 4.74 Å². The molecule has 1 aliphatic rings. The summed E-state index contributed by atoms with van der Waals surface area (Å²) in [5, 5.41) is 11.7. The molecule has 10 heavy (non-hydrogen) atoms. The maximum atomic E-state index is 8.74. The molecule has 1 rings (SSSR count). The smallest absolute Gasteiger partial charge is 0.132 e. The van der Waals surface area contributed by atoms with Crippen molar-refractivity contribution in [2.75, 3.05) is 13.7 Å². The number of rotatable bonds is 1. The van der Waals surface area contributed by atoms with E-state index in [1.165, 1.54) is 0 Å². The van der Waals surface area contributed by atoms with Crippen LogP contribution in [0.3, 0.4) is 0 Å². The summed E-state index contributed by atoms with van der Waals surface area (Å²) < 4.78 is 5.27. The molecule has 56 valence electrons. The number of nitrogens with zero attached hydrogens (tertiary/aromatic N) is 1. The maximum Gasteiger partial charge on any atom is 0.132 e. The van der Waals surface area contributed by atoms with Gasteiger partial charge in [-0.05, 0) is 14.0 Å². The summed E-state index contributed by atoms with van der Waals surface area (Å²) in [6.07, 6.45) is 1.01. The molecule has 0 radical (unpaired) electrons. The fourth-order valence-electron chi connectivity index (χ4n) is 1.20. The van der Waals surface area contributed by atoms with Crippen LogP contribution in [0.25, 0.3) is 0 Å².